The number of anilines is 1. The average Bonchev–Trinajstić information content (AvgIpc) is 2.91. The summed E-state index contributed by atoms with van der Waals surface area (Å²) in [6.07, 6.45) is 3.29. The van der Waals surface area contributed by atoms with Crippen LogP contribution in [0.3, 0.4) is 0 Å². The number of pyridine rings is 1. The number of aromatic nitrogens is 1. The van der Waals surface area contributed by atoms with Crippen molar-refractivity contribution in [1.29, 1.82) is 0 Å². The minimum absolute atomic E-state index is 0.0333. The van der Waals surface area contributed by atoms with Crippen molar-refractivity contribution in [3.05, 3.63) is 23.6 Å². The number of halogens is 1. The van der Waals surface area contributed by atoms with Gasteiger partial charge in [-0.1, -0.05) is 0 Å². The lowest BCUT2D eigenvalue weighted by atomic mass is 10.2. The SMILES string of the molecule is CN(CC1CCCO1)C(=O)c1ccnc(NN)c1F. The van der Waals surface area contributed by atoms with E-state index in [1.54, 1.807) is 7.05 Å². The first-order valence-corrected chi connectivity index (χ1v) is 6.11. The molecule has 3 N–H and O–H groups in total. The second-order valence-corrected chi connectivity index (χ2v) is 4.49. The van der Waals surface area contributed by atoms with Gasteiger partial charge in [-0.25, -0.2) is 15.2 Å². The van der Waals surface area contributed by atoms with E-state index in [1.165, 1.54) is 17.2 Å². The Kier molecular flexibility index (Phi) is 4.28. The highest BCUT2D eigenvalue weighted by molar-refractivity contribution is 5.95. The molecule has 7 heteroatoms. The lowest BCUT2D eigenvalue weighted by molar-refractivity contribution is 0.0583. The zero-order chi connectivity index (χ0) is 13.8. The number of ether oxygens (including phenoxy) is 1. The zero-order valence-corrected chi connectivity index (χ0v) is 10.7. The molecule has 1 aliphatic rings. The summed E-state index contributed by atoms with van der Waals surface area (Å²) in [5.41, 5.74) is 2.07. The van der Waals surface area contributed by atoms with E-state index < -0.39 is 11.7 Å². The Morgan fingerprint density at radius 3 is 3.16 bits per heavy atom. The van der Waals surface area contributed by atoms with Crippen LogP contribution in [0.2, 0.25) is 0 Å². The Morgan fingerprint density at radius 1 is 1.74 bits per heavy atom. The molecule has 1 unspecified atom stereocenters. The van der Waals surface area contributed by atoms with Crippen LogP contribution < -0.4 is 11.3 Å². The molecule has 1 aliphatic heterocycles. The van der Waals surface area contributed by atoms with Crippen molar-refractivity contribution in [2.45, 2.75) is 18.9 Å². The van der Waals surface area contributed by atoms with E-state index in [1.807, 2.05) is 0 Å². The number of carbonyl (C=O) groups excluding carboxylic acids is 1. The van der Waals surface area contributed by atoms with Gasteiger partial charge in [-0.3, -0.25) is 4.79 Å². The van der Waals surface area contributed by atoms with Crippen LogP contribution in [0.15, 0.2) is 12.3 Å². The average molecular weight is 268 g/mol. The van der Waals surface area contributed by atoms with Crippen LogP contribution in [-0.2, 0) is 4.74 Å². The summed E-state index contributed by atoms with van der Waals surface area (Å²) in [6.45, 7) is 1.17. The third-order valence-corrected chi connectivity index (χ3v) is 3.10. The molecule has 1 aromatic heterocycles. The molecule has 6 nitrogen and oxygen atoms in total. The number of hydrogen-bond acceptors (Lipinski definition) is 5. The van der Waals surface area contributed by atoms with Crippen LogP contribution in [-0.4, -0.2) is 42.1 Å². The van der Waals surface area contributed by atoms with Crippen LogP contribution in [0.25, 0.3) is 0 Å². The van der Waals surface area contributed by atoms with Gasteiger partial charge in [-0.2, -0.15) is 0 Å². The van der Waals surface area contributed by atoms with Crippen LogP contribution in [0.5, 0.6) is 0 Å². The number of amides is 1. The minimum atomic E-state index is -0.741. The van der Waals surface area contributed by atoms with Gasteiger partial charge in [0.1, 0.15) is 0 Å². The number of nitrogens with two attached hydrogens (primary N) is 1. The highest BCUT2D eigenvalue weighted by Gasteiger charge is 2.23. The van der Waals surface area contributed by atoms with Crippen LogP contribution in [0.4, 0.5) is 10.2 Å². The number of hydrazine groups is 1. The van der Waals surface area contributed by atoms with E-state index in [9.17, 15) is 9.18 Å². The summed E-state index contributed by atoms with van der Waals surface area (Å²) in [4.78, 5) is 17.3. The molecule has 2 heterocycles. The molecular formula is C12H17FN4O2. The van der Waals surface area contributed by atoms with Crippen molar-refractivity contribution in [3.63, 3.8) is 0 Å². The van der Waals surface area contributed by atoms with Crippen molar-refractivity contribution < 1.29 is 13.9 Å². The van der Waals surface area contributed by atoms with E-state index in [2.05, 4.69) is 10.4 Å². The number of rotatable bonds is 4. The lowest BCUT2D eigenvalue weighted by Crippen LogP contribution is -2.34. The summed E-state index contributed by atoms with van der Waals surface area (Å²) in [6, 6.07) is 1.34. The molecule has 1 aromatic rings. The van der Waals surface area contributed by atoms with Crippen LogP contribution >= 0.6 is 0 Å². The predicted octanol–water partition coefficient (Wildman–Crippen LogP) is 0.757. The fraction of sp³-hybridized carbons (Fsp3) is 0.500. The van der Waals surface area contributed by atoms with Gasteiger partial charge in [0.15, 0.2) is 11.6 Å². The lowest BCUT2D eigenvalue weighted by Gasteiger charge is -2.21. The molecule has 0 bridgehead atoms. The van der Waals surface area contributed by atoms with Gasteiger partial charge in [0.25, 0.3) is 5.91 Å². The molecule has 104 valence electrons. The number of nitrogens with zero attached hydrogens (tertiary/aromatic N) is 2. The van der Waals surface area contributed by atoms with Crippen molar-refractivity contribution in [1.82, 2.24) is 9.88 Å². The molecule has 1 saturated heterocycles. The molecule has 1 fully saturated rings. The summed E-state index contributed by atoms with van der Waals surface area (Å²) in [5, 5.41) is 0. The van der Waals surface area contributed by atoms with Gasteiger partial charge in [0, 0.05) is 26.4 Å². The van der Waals surface area contributed by atoms with Crippen molar-refractivity contribution >= 4 is 11.7 Å². The van der Waals surface area contributed by atoms with Crippen LogP contribution in [0, 0.1) is 5.82 Å². The monoisotopic (exact) mass is 268 g/mol. The molecular weight excluding hydrogens is 251 g/mol. The second kappa shape index (κ2) is 5.94. The van der Waals surface area contributed by atoms with Gasteiger partial charge in [-0.15, -0.1) is 0 Å². The highest BCUT2D eigenvalue weighted by atomic mass is 19.1. The van der Waals surface area contributed by atoms with Crippen molar-refractivity contribution in [2.24, 2.45) is 5.84 Å². The standard InChI is InChI=1S/C12H17FN4O2/c1-17(7-8-3-2-6-19-8)12(18)9-4-5-15-11(16-14)10(9)13/h4-5,8H,2-3,6-7,14H2,1H3,(H,15,16). The second-order valence-electron chi connectivity index (χ2n) is 4.49. The topological polar surface area (TPSA) is 80.5 Å². The predicted molar refractivity (Wildman–Crippen MR) is 67.9 cm³/mol. The summed E-state index contributed by atoms with van der Waals surface area (Å²) >= 11 is 0. The van der Waals surface area contributed by atoms with E-state index in [0.29, 0.717) is 6.54 Å². The molecule has 1 atom stereocenters. The molecule has 0 spiro atoms. The summed E-state index contributed by atoms with van der Waals surface area (Å²) in [7, 11) is 1.62. The first-order chi connectivity index (χ1) is 9.13. The first kappa shape index (κ1) is 13.7. The van der Waals surface area contributed by atoms with Gasteiger partial charge in [0.05, 0.1) is 11.7 Å². The van der Waals surface area contributed by atoms with Gasteiger partial charge >= 0.3 is 0 Å². The fourth-order valence-electron chi connectivity index (χ4n) is 2.09. The van der Waals surface area contributed by atoms with E-state index in [4.69, 9.17) is 10.6 Å². The third kappa shape index (κ3) is 2.99. The maximum absolute atomic E-state index is 13.9. The summed E-state index contributed by atoms with van der Waals surface area (Å²) < 4.78 is 19.4. The number of carbonyl (C=O) groups is 1. The number of hydrogen-bond donors (Lipinski definition) is 2. The van der Waals surface area contributed by atoms with E-state index in [0.717, 1.165) is 19.4 Å². The molecule has 0 saturated carbocycles. The Balaban J connectivity index is 2.09. The smallest absolute Gasteiger partial charge is 0.256 e. The fourth-order valence-corrected chi connectivity index (χ4v) is 2.09. The Labute approximate surface area is 110 Å². The van der Waals surface area contributed by atoms with Gasteiger partial charge < -0.3 is 15.1 Å². The Bertz CT molecular complexity index is 463. The minimum Gasteiger partial charge on any atom is -0.376 e. The van der Waals surface area contributed by atoms with E-state index >= 15 is 0 Å². The molecule has 0 aromatic carbocycles. The van der Waals surface area contributed by atoms with Crippen molar-refractivity contribution in [2.75, 3.05) is 25.6 Å². The highest BCUT2D eigenvalue weighted by Crippen LogP contribution is 2.17. The number of nitrogen functional groups attached to an aromatic ring is 1. The number of nitrogens with one attached hydrogen (secondary N) is 1. The van der Waals surface area contributed by atoms with E-state index in [-0.39, 0.29) is 17.5 Å². The maximum Gasteiger partial charge on any atom is 0.256 e. The molecule has 1 amide bonds. The molecule has 19 heavy (non-hydrogen) atoms. The van der Waals surface area contributed by atoms with Gasteiger partial charge in [-0.05, 0) is 18.9 Å². The zero-order valence-electron chi connectivity index (χ0n) is 10.7. The number of likely N-dealkylation sites (N-methyl/N-ethyl adjacent to an activating group) is 1. The van der Waals surface area contributed by atoms with Crippen LogP contribution in [0.1, 0.15) is 23.2 Å². The first-order valence-electron chi connectivity index (χ1n) is 6.11. The molecule has 0 radical (unpaired) electrons. The largest absolute Gasteiger partial charge is 0.376 e. The third-order valence-electron chi connectivity index (χ3n) is 3.10. The normalized spacial score (nSPS) is 18.4. The summed E-state index contributed by atoms with van der Waals surface area (Å²) in [5.74, 6) is 3.84. The maximum atomic E-state index is 13.9. The van der Waals surface area contributed by atoms with Crippen molar-refractivity contribution in [3.8, 4) is 0 Å². The quantitative estimate of drug-likeness (QED) is 0.622. The Morgan fingerprint density at radius 2 is 2.53 bits per heavy atom. The van der Waals surface area contributed by atoms with Gasteiger partial charge in [0.2, 0.25) is 0 Å². The Hall–Kier alpha value is -1.73. The molecule has 0 aliphatic carbocycles. The molecule has 2 rings (SSSR count).